The highest BCUT2D eigenvalue weighted by Gasteiger charge is 2.08. The van der Waals surface area contributed by atoms with E-state index < -0.39 is 0 Å². The van der Waals surface area contributed by atoms with Crippen molar-refractivity contribution in [2.75, 3.05) is 19.0 Å². The molecule has 128 valence electrons. The second-order valence-electron chi connectivity index (χ2n) is 6.10. The minimum atomic E-state index is -0.0702. The predicted octanol–water partition coefficient (Wildman–Crippen LogP) is 2.93. The Balaban J connectivity index is 1.66. The molecule has 5 nitrogen and oxygen atoms in total. The molecule has 3 rings (SSSR count). The zero-order chi connectivity index (χ0) is 17.6. The number of anilines is 1. The zero-order valence-corrected chi connectivity index (χ0v) is 14.5. The lowest BCUT2D eigenvalue weighted by Gasteiger charge is -2.13. The maximum absolute atomic E-state index is 12.4. The van der Waals surface area contributed by atoms with Gasteiger partial charge in [0, 0.05) is 44.3 Å². The Morgan fingerprint density at radius 1 is 1.04 bits per heavy atom. The number of hydrogen-bond donors (Lipinski definition) is 1. The van der Waals surface area contributed by atoms with Crippen LogP contribution in [0.1, 0.15) is 21.5 Å². The molecule has 3 aromatic rings. The molecule has 0 aliphatic rings. The van der Waals surface area contributed by atoms with Crippen LogP contribution in [-0.4, -0.2) is 29.8 Å². The van der Waals surface area contributed by atoms with E-state index in [1.165, 1.54) is 0 Å². The maximum Gasteiger partial charge on any atom is 0.251 e. The molecule has 0 radical (unpaired) electrons. The van der Waals surface area contributed by atoms with Crippen LogP contribution in [0.5, 0.6) is 0 Å². The summed E-state index contributed by atoms with van der Waals surface area (Å²) in [6.07, 6.45) is 3.70. The topological polar surface area (TPSA) is 50.2 Å². The Labute approximate surface area is 147 Å². The van der Waals surface area contributed by atoms with E-state index in [2.05, 4.69) is 16.5 Å². The lowest BCUT2D eigenvalue weighted by Crippen LogP contribution is -2.23. The lowest BCUT2D eigenvalue weighted by atomic mass is 10.1. The van der Waals surface area contributed by atoms with E-state index >= 15 is 0 Å². The monoisotopic (exact) mass is 334 g/mol. The van der Waals surface area contributed by atoms with Gasteiger partial charge in [-0.2, -0.15) is 5.10 Å². The van der Waals surface area contributed by atoms with Crippen LogP contribution in [0, 0.1) is 0 Å². The van der Waals surface area contributed by atoms with Crippen molar-refractivity contribution >= 4 is 11.6 Å². The molecule has 0 aliphatic heterocycles. The summed E-state index contributed by atoms with van der Waals surface area (Å²) >= 11 is 0. The third-order valence-electron chi connectivity index (χ3n) is 4.10. The Bertz CT molecular complexity index is 823. The van der Waals surface area contributed by atoms with Gasteiger partial charge in [0.1, 0.15) is 0 Å². The van der Waals surface area contributed by atoms with Gasteiger partial charge in [-0.15, -0.1) is 0 Å². The first-order valence-electron chi connectivity index (χ1n) is 8.23. The first kappa shape index (κ1) is 16.8. The number of aromatic nitrogens is 2. The third kappa shape index (κ3) is 4.26. The first-order valence-corrected chi connectivity index (χ1v) is 8.23. The normalized spacial score (nSPS) is 10.5. The second kappa shape index (κ2) is 7.66. The van der Waals surface area contributed by atoms with Gasteiger partial charge in [-0.25, -0.2) is 0 Å². The third-order valence-corrected chi connectivity index (χ3v) is 4.10. The number of carbonyl (C=O) groups excluding carboxylic acids is 1. The number of rotatable bonds is 6. The molecule has 0 saturated carbocycles. The molecule has 1 amide bonds. The quantitative estimate of drug-likeness (QED) is 0.754. The largest absolute Gasteiger partial charge is 0.378 e. The molecule has 25 heavy (non-hydrogen) atoms. The van der Waals surface area contributed by atoms with Crippen molar-refractivity contribution in [1.29, 1.82) is 0 Å². The van der Waals surface area contributed by atoms with Crippen LogP contribution in [0.3, 0.4) is 0 Å². The fourth-order valence-electron chi connectivity index (χ4n) is 2.64. The van der Waals surface area contributed by atoms with Crippen LogP contribution >= 0.6 is 0 Å². The van der Waals surface area contributed by atoms with Gasteiger partial charge in [0.25, 0.3) is 5.91 Å². The van der Waals surface area contributed by atoms with Crippen LogP contribution in [-0.2, 0) is 13.1 Å². The molecule has 0 saturated heterocycles. The summed E-state index contributed by atoms with van der Waals surface area (Å²) in [6.45, 7) is 1.18. The summed E-state index contributed by atoms with van der Waals surface area (Å²) in [5.74, 6) is -0.0702. The molecule has 0 atom stereocenters. The fourth-order valence-corrected chi connectivity index (χ4v) is 2.64. The number of benzene rings is 2. The molecule has 0 spiro atoms. The van der Waals surface area contributed by atoms with Crippen molar-refractivity contribution in [3.05, 3.63) is 83.7 Å². The minimum Gasteiger partial charge on any atom is -0.378 e. The lowest BCUT2D eigenvalue weighted by molar-refractivity contribution is 0.0951. The van der Waals surface area contributed by atoms with Crippen LogP contribution in [0.2, 0.25) is 0 Å². The Hall–Kier alpha value is -3.08. The van der Waals surface area contributed by atoms with E-state index in [4.69, 9.17) is 0 Å². The van der Waals surface area contributed by atoms with Crippen LogP contribution in [0.15, 0.2) is 67.0 Å². The standard InChI is InChI=1S/C20H22N4O/c1-23(2)19-10-8-16(9-11-19)20(25)21-14-17-6-3-4-7-18(17)15-24-13-5-12-22-24/h3-13H,14-15H2,1-2H3,(H,21,25). The highest BCUT2D eigenvalue weighted by Crippen LogP contribution is 2.13. The summed E-state index contributed by atoms with van der Waals surface area (Å²) in [5, 5.41) is 7.24. The summed E-state index contributed by atoms with van der Waals surface area (Å²) in [5.41, 5.74) is 3.97. The highest BCUT2D eigenvalue weighted by atomic mass is 16.1. The van der Waals surface area contributed by atoms with Crippen molar-refractivity contribution < 1.29 is 4.79 Å². The van der Waals surface area contributed by atoms with Gasteiger partial charge in [0.2, 0.25) is 0 Å². The van der Waals surface area contributed by atoms with Crippen LogP contribution < -0.4 is 10.2 Å². The Morgan fingerprint density at radius 2 is 1.76 bits per heavy atom. The molecule has 1 aromatic heterocycles. The second-order valence-corrected chi connectivity index (χ2v) is 6.10. The average Bonchev–Trinajstić information content (AvgIpc) is 3.14. The molecule has 0 fully saturated rings. The number of nitrogens with zero attached hydrogens (tertiary/aromatic N) is 3. The van der Waals surface area contributed by atoms with Crippen LogP contribution in [0.25, 0.3) is 0 Å². The van der Waals surface area contributed by atoms with Gasteiger partial charge < -0.3 is 10.2 Å². The molecule has 0 unspecified atom stereocenters. The van der Waals surface area contributed by atoms with Crippen molar-refractivity contribution in [3.63, 3.8) is 0 Å². The van der Waals surface area contributed by atoms with Gasteiger partial charge in [-0.1, -0.05) is 24.3 Å². The molecule has 1 N–H and O–H groups in total. The van der Waals surface area contributed by atoms with Crippen molar-refractivity contribution in [2.24, 2.45) is 0 Å². The van der Waals surface area contributed by atoms with E-state index in [-0.39, 0.29) is 5.91 Å². The van der Waals surface area contributed by atoms with Crippen molar-refractivity contribution in [1.82, 2.24) is 15.1 Å². The first-order chi connectivity index (χ1) is 12.1. The van der Waals surface area contributed by atoms with E-state index in [0.717, 1.165) is 16.8 Å². The summed E-state index contributed by atoms with van der Waals surface area (Å²) < 4.78 is 1.88. The molecule has 1 heterocycles. The number of hydrogen-bond acceptors (Lipinski definition) is 3. The summed E-state index contributed by atoms with van der Waals surface area (Å²) in [6, 6.07) is 17.6. The van der Waals surface area contributed by atoms with E-state index in [1.807, 2.05) is 78.4 Å². The highest BCUT2D eigenvalue weighted by molar-refractivity contribution is 5.94. The number of nitrogens with one attached hydrogen (secondary N) is 1. The van der Waals surface area contributed by atoms with Gasteiger partial charge >= 0.3 is 0 Å². The average molecular weight is 334 g/mol. The summed E-state index contributed by atoms with van der Waals surface area (Å²) in [7, 11) is 3.96. The van der Waals surface area contributed by atoms with E-state index in [0.29, 0.717) is 18.7 Å². The molecule has 0 aliphatic carbocycles. The predicted molar refractivity (Wildman–Crippen MR) is 99.7 cm³/mol. The van der Waals surface area contributed by atoms with Gasteiger partial charge in [-0.3, -0.25) is 9.48 Å². The smallest absolute Gasteiger partial charge is 0.251 e. The maximum atomic E-state index is 12.4. The molecule has 5 heteroatoms. The van der Waals surface area contributed by atoms with E-state index in [1.54, 1.807) is 6.20 Å². The molecular formula is C20H22N4O. The van der Waals surface area contributed by atoms with Crippen molar-refractivity contribution in [3.8, 4) is 0 Å². The van der Waals surface area contributed by atoms with E-state index in [9.17, 15) is 4.79 Å². The summed E-state index contributed by atoms with van der Waals surface area (Å²) in [4.78, 5) is 14.4. The van der Waals surface area contributed by atoms with Gasteiger partial charge in [-0.05, 0) is 41.5 Å². The SMILES string of the molecule is CN(C)c1ccc(C(=O)NCc2ccccc2Cn2cccn2)cc1. The Kier molecular flexibility index (Phi) is 5.14. The molecular weight excluding hydrogens is 312 g/mol. The van der Waals surface area contributed by atoms with Gasteiger partial charge in [0.05, 0.1) is 6.54 Å². The van der Waals surface area contributed by atoms with Gasteiger partial charge in [0.15, 0.2) is 0 Å². The zero-order valence-electron chi connectivity index (χ0n) is 14.5. The number of carbonyl (C=O) groups is 1. The number of amides is 1. The fraction of sp³-hybridized carbons (Fsp3) is 0.200. The Morgan fingerprint density at radius 3 is 2.40 bits per heavy atom. The minimum absolute atomic E-state index is 0.0702. The molecule has 2 aromatic carbocycles. The van der Waals surface area contributed by atoms with Crippen LogP contribution in [0.4, 0.5) is 5.69 Å². The molecule has 0 bridgehead atoms. The van der Waals surface area contributed by atoms with Crippen molar-refractivity contribution in [2.45, 2.75) is 13.1 Å².